The number of benzene rings is 2. The first kappa shape index (κ1) is 20.9. The first-order valence-electron chi connectivity index (χ1n) is 10.9. The van der Waals surface area contributed by atoms with E-state index >= 15 is 0 Å². The molecule has 0 unspecified atom stereocenters. The highest BCUT2D eigenvalue weighted by Crippen LogP contribution is 2.37. The Labute approximate surface area is 179 Å². The van der Waals surface area contributed by atoms with Crippen LogP contribution in [-0.4, -0.2) is 69.3 Å². The van der Waals surface area contributed by atoms with E-state index in [0.29, 0.717) is 19.1 Å². The Morgan fingerprint density at radius 1 is 1.00 bits per heavy atom. The fraction of sp³-hybridized carbons (Fsp3) is 0.480. The van der Waals surface area contributed by atoms with Gasteiger partial charge in [-0.2, -0.15) is 0 Å². The molecule has 4 rings (SSSR count). The molecule has 2 aliphatic heterocycles. The Balaban J connectivity index is 1.56. The monoisotopic (exact) mass is 408 g/mol. The number of carbonyl (C=O) groups is 1. The summed E-state index contributed by atoms with van der Waals surface area (Å²) >= 11 is 0. The van der Waals surface area contributed by atoms with Crippen molar-refractivity contribution in [1.29, 1.82) is 0 Å². The van der Waals surface area contributed by atoms with Crippen molar-refractivity contribution in [3.05, 3.63) is 54.1 Å². The highest BCUT2D eigenvalue weighted by Gasteiger charge is 2.43. The molecule has 2 heterocycles. The second kappa shape index (κ2) is 9.19. The minimum Gasteiger partial charge on any atom is -0.497 e. The fourth-order valence-electron chi connectivity index (χ4n) is 4.61. The van der Waals surface area contributed by atoms with Gasteiger partial charge in [0.15, 0.2) is 0 Å². The maximum absolute atomic E-state index is 13.6. The van der Waals surface area contributed by atoms with Gasteiger partial charge in [0.2, 0.25) is 5.91 Å². The van der Waals surface area contributed by atoms with E-state index in [9.17, 15) is 4.79 Å². The van der Waals surface area contributed by atoms with Crippen LogP contribution in [0.3, 0.4) is 0 Å². The van der Waals surface area contributed by atoms with E-state index in [1.54, 1.807) is 7.11 Å². The molecular formula is C25H32N2O3. The summed E-state index contributed by atoms with van der Waals surface area (Å²) in [7, 11) is 3.80. The Morgan fingerprint density at radius 3 is 2.37 bits per heavy atom. The Morgan fingerprint density at radius 2 is 1.70 bits per heavy atom. The van der Waals surface area contributed by atoms with Crippen molar-refractivity contribution in [2.24, 2.45) is 5.41 Å². The summed E-state index contributed by atoms with van der Waals surface area (Å²) in [5.74, 6) is 1.17. The summed E-state index contributed by atoms with van der Waals surface area (Å²) in [5.41, 5.74) is 3.19. The zero-order valence-electron chi connectivity index (χ0n) is 18.1. The molecule has 0 N–H and O–H groups in total. The molecule has 1 amide bonds. The van der Waals surface area contributed by atoms with E-state index in [0.717, 1.165) is 56.8 Å². The van der Waals surface area contributed by atoms with E-state index < -0.39 is 0 Å². The molecular weight excluding hydrogens is 376 g/mol. The molecule has 0 bridgehead atoms. The van der Waals surface area contributed by atoms with Crippen molar-refractivity contribution in [2.75, 3.05) is 53.6 Å². The summed E-state index contributed by atoms with van der Waals surface area (Å²) < 4.78 is 10.9. The van der Waals surface area contributed by atoms with Crippen LogP contribution < -0.4 is 4.74 Å². The molecule has 2 fully saturated rings. The number of amides is 1. The minimum atomic E-state index is -0.354. The Kier molecular flexibility index (Phi) is 6.40. The number of methoxy groups -OCH3 is 1. The molecule has 2 aromatic rings. The van der Waals surface area contributed by atoms with Gasteiger partial charge in [-0.25, -0.2) is 0 Å². The largest absolute Gasteiger partial charge is 0.497 e. The van der Waals surface area contributed by atoms with Crippen LogP contribution in [0.15, 0.2) is 48.5 Å². The van der Waals surface area contributed by atoms with E-state index in [1.807, 2.05) is 12.1 Å². The van der Waals surface area contributed by atoms with Crippen molar-refractivity contribution in [1.82, 2.24) is 9.80 Å². The molecule has 0 atom stereocenters. The number of likely N-dealkylation sites (N-methyl/N-ethyl adjacent to an activating group) is 1. The van der Waals surface area contributed by atoms with Crippen LogP contribution in [0.1, 0.15) is 18.4 Å². The van der Waals surface area contributed by atoms with Gasteiger partial charge in [-0.15, -0.1) is 0 Å². The molecule has 0 aliphatic carbocycles. The number of ether oxygens (including phenoxy) is 2. The fourth-order valence-corrected chi connectivity index (χ4v) is 4.61. The molecule has 0 spiro atoms. The maximum atomic E-state index is 13.6. The van der Waals surface area contributed by atoms with Gasteiger partial charge in [-0.1, -0.05) is 36.4 Å². The summed E-state index contributed by atoms with van der Waals surface area (Å²) in [6.07, 6.45) is 2.36. The summed E-state index contributed by atoms with van der Waals surface area (Å²) in [4.78, 5) is 18.0. The molecule has 0 aromatic heterocycles. The average Bonchev–Trinajstić information content (AvgIpc) is 2.80. The van der Waals surface area contributed by atoms with Gasteiger partial charge in [0, 0.05) is 39.4 Å². The standard InChI is InChI=1S/C25H32N2O3/c1-26-12-14-27(15-13-26)24(28)25(10-16-30-17-11-25)19-20-4-3-5-22(18-20)21-6-8-23(29-2)9-7-21/h3-9,18H,10-17,19H2,1-2H3. The zero-order chi connectivity index (χ0) is 21.0. The van der Waals surface area contributed by atoms with Crippen LogP contribution in [-0.2, 0) is 16.0 Å². The normalized spacial score (nSPS) is 19.5. The van der Waals surface area contributed by atoms with Crippen LogP contribution in [0.2, 0.25) is 0 Å². The van der Waals surface area contributed by atoms with E-state index in [-0.39, 0.29) is 5.41 Å². The van der Waals surface area contributed by atoms with Gasteiger partial charge in [0.1, 0.15) is 5.75 Å². The molecule has 2 aromatic carbocycles. The summed E-state index contributed by atoms with van der Waals surface area (Å²) in [5, 5.41) is 0. The predicted octanol–water partition coefficient (Wildman–Crippen LogP) is 3.48. The molecule has 0 radical (unpaired) electrons. The number of carbonyl (C=O) groups excluding carboxylic acids is 1. The SMILES string of the molecule is COc1ccc(-c2cccc(CC3(C(=O)N4CCN(C)CC4)CCOCC3)c2)cc1. The first-order valence-corrected chi connectivity index (χ1v) is 10.9. The quantitative estimate of drug-likeness (QED) is 0.760. The number of rotatable bonds is 5. The first-order chi connectivity index (χ1) is 14.6. The lowest BCUT2D eigenvalue weighted by molar-refractivity contribution is -0.149. The zero-order valence-corrected chi connectivity index (χ0v) is 18.1. The Bertz CT molecular complexity index is 851. The molecule has 160 valence electrons. The highest BCUT2D eigenvalue weighted by atomic mass is 16.5. The van der Waals surface area contributed by atoms with Crippen molar-refractivity contribution >= 4 is 5.91 Å². The van der Waals surface area contributed by atoms with Gasteiger partial charge < -0.3 is 19.3 Å². The van der Waals surface area contributed by atoms with Gasteiger partial charge in [-0.3, -0.25) is 4.79 Å². The van der Waals surface area contributed by atoms with Gasteiger partial charge in [-0.05, 0) is 55.1 Å². The second-order valence-electron chi connectivity index (χ2n) is 8.59. The van der Waals surface area contributed by atoms with Crippen LogP contribution in [0.25, 0.3) is 11.1 Å². The van der Waals surface area contributed by atoms with E-state index in [4.69, 9.17) is 9.47 Å². The molecule has 2 saturated heterocycles. The lowest BCUT2D eigenvalue weighted by Crippen LogP contribution is -2.54. The van der Waals surface area contributed by atoms with Crippen molar-refractivity contribution in [3.63, 3.8) is 0 Å². The topological polar surface area (TPSA) is 42.0 Å². The predicted molar refractivity (Wildman–Crippen MR) is 119 cm³/mol. The molecule has 30 heavy (non-hydrogen) atoms. The van der Waals surface area contributed by atoms with Crippen LogP contribution in [0.5, 0.6) is 5.75 Å². The number of piperazine rings is 1. The molecule has 0 saturated carbocycles. The molecule has 2 aliphatic rings. The lowest BCUT2D eigenvalue weighted by Gasteiger charge is -2.42. The maximum Gasteiger partial charge on any atom is 0.229 e. The van der Waals surface area contributed by atoms with Crippen LogP contribution >= 0.6 is 0 Å². The summed E-state index contributed by atoms with van der Waals surface area (Å²) in [6.45, 7) is 4.87. The third-order valence-electron chi connectivity index (χ3n) is 6.59. The molecule has 5 nitrogen and oxygen atoms in total. The van der Waals surface area contributed by atoms with Crippen LogP contribution in [0.4, 0.5) is 0 Å². The van der Waals surface area contributed by atoms with Crippen molar-refractivity contribution in [3.8, 4) is 16.9 Å². The van der Waals surface area contributed by atoms with E-state index in [2.05, 4.69) is 53.2 Å². The number of hydrogen-bond donors (Lipinski definition) is 0. The third-order valence-corrected chi connectivity index (χ3v) is 6.59. The van der Waals surface area contributed by atoms with Gasteiger partial charge >= 0.3 is 0 Å². The third kappa shape index (κ3) is 4.52. The van der Waals surface area contributed by atoms with Crippen molar-refractivity contribution in [2.45, 2.75) is 19.3 Å². The van der Waals surface area contributed by atoms with E-state index in [1.165, 1.54) is 11.1 Å². The minimum absolute atomic E-state index is 0.314. The number of hydrogen-bond acceptors (Lipinski definition) is 4. The van der Waals surface area contributed by atoms with Gasteiger partial charge in [0.05, 0.1) is 12.5 Å². The highest BCUT2D eigenvalue weighted by molar-refractivity contribution is 5.83. The van der Waals surface area contributed by atoms with Crippen molar-refractivity contribution < 1.29 is 14.3 Å². The Hall–Kier alpha value is -2.37. The average molecular weight is 409 g/mol. The summed E-state index contributed by atoms with van der Waals surface area (Å²) in [6, 6.07) is 16.7. The van der Waals surface area contributed by atoms with Crippen LogP contribution in [0, 0.1) is 5.41 Å². The van der Waals surface area contributed by atoms with Gasteiger partial charge in [0.25, 0.3) is 0 Å². The smallest absolute Gasteiger partial charge is 0.229 e. The second-order valence-corrected chi connectivity index (χ2v) is 8.59. The molecule has 5 heteroatoms. The number of nitrogens with zero attached hydrogens (tertiary/aromatic N) is 2. The lowest BCUT2D eigenvalue weighted by atomic mass is 9.73.